The van der Waals surface area contributed by atoms with Crippen LogP contribution in [0, 0.1) is 0 Å². The summed E-state index contributed by atoms with van der Waals surface area (Å²) in [5.41, 5.74) is 2.35. The molecule has 1 aromatic heterocycles. The number of amides is 1. The molecule has 0 spiro atoms. The van der Waals surface area contributed by atoms with E-state index in [1.807, 2.05) is 11.1 Å². The highest BCUT2D eigenvalue weighted by Crippen LogP contribution is 2.10. The summed E-state index contributed by atoms with van der Waals surface area (Å²) in [6.45, 7) is 9.16. The summed E-state index contributed by atoms with van der Waals surface area (Å²) >= 11 is 0. The predicted octanol–water partition coefficient (Wildman–Crippen LogP) is 0.192. The first-order valence-corrected chi connectivity index (χ1v) is 9.02. The van der Waals surface area contributed by atoms with Crippen molar-refractivity contribution in [2.24, 2.45) is 0 Å². The lowest BCUT2D eigenvalue weighted by Crippen LogP contribution is -2.59. The van der Waals surface area contributed by atoms with Crippen molar-refractivity contribution in [1.29, 1.82) is 0 Å². The molecule has 1 N–H and O–H groups in total. The smallest absolute Gasteiger partial charge is 0.241 e. The zero-order valence-corrected chi connectivity index (χ0v) is 14.9. The Labute approximate surface area is 144 Å². The van der Waals surface area contributed by atoms with Gasteiger partial charge in [0.05, 0.1) is 11.7 Å². The van der Waals surface area contributed by atoms with Gasteiger partial charge in [-0.25, -0.2) is 0 Å². The van der Waals surface area contributed by atoms with Crippen LogP contribution in [0.15, 0.2) is 18.3 Å². The number of rotatable bonds is 4. The normalized spacial score (nSPS) is 23.4. The maximum Gasteiger partial charge on any atom is 0.241 e. The number of carbonyl (C=O) groups is 1. The number of nitrogens with zero attached hydrogens (tertiary/aromatic N) is 4. The van der Waals surface area contributed by atoms with Crippen molar-refractivity contribution in [2.75, 3.05) is 52.9 Å². The third kappa shape index (κ3) is 4.32. The summed E-state index contributed by atoms with van der Waals surface area (Å²) in [5, 5.41) is 3.39. The molecule has 2 aliphatic heterocycles. The molecule has 132 valence electrons. The van der Waals surface area contributed by atoms with Gasteiger partial charge < -0.3 is 15.1 Å². The second-order valence-corrected chi connectivity index (χ2v) is 6.88. The third-order valence-electron chi connectivity index (χ3n) is 5.05. The van der Waals surface area contributed by atoms with Gasteiger partial charge in [0, 0.05) is 58.6 Å². The topological polar surface area (TPSA) is 51.7 Å². The van der Waals surface area contributed by atoms with Crippen molar-refractivity contribution < 1.29 is 4.79 Å². The fraction of sp³-hybridized carbons (Fsp3) is 0.667. The lowest BCUT2D eigenvalue weighted by atomic mass is 10.1. The minimum atomic E-state index is -0.0860. The van der Waals surface area contributed by atoms with Crippen molar-refractivity contribution in [1.82, 2.24) is 25.0 Å². The van der Waals surface area contributed by atoms with E-state index in [1.54, 1.807) is 0 Å². The Balaban J connectivity index is 1.54. The fourth-order valence-corrected chi connectivity index (χ4v) is 3.35. The standard InChI is InChI=1S/C18H29N5O/c1-3-15-4-5-16(20-12-15)13-22-7-6-19-17(14-22)18(24)23-10-8-21(2)9-11-23/h4-5,12,17,19H,3,6-11,13-14H2,1-2H3/t17-/m0/s1. The minimum absolute atomic E-state index is 0.0860. The van der Waals surface area contributed by atoms with Gasteiger partial charge in [0.2, 0.25) is 5.91 Å². The molecule has 0 saturated carbocycles. The Kier molecular flexibility index (Phi) is 5.81. The molecule has 0 aromatic carbocycles. The molecule has 2 aliphatic rings. The van der Waals surface area contributed by atoms with Gasteiger partial charge >= 0.3 is 0 Å². The van der Waals surface area contributed by atoms with Gasteiger partial charge in [-0.15, -0.1) is 0 Å². The molecule has 2 saturated heterocycles. The van der Waals surface area contributed by atoms with Crippen LogP contribution in [0.1, 0.15) is 18.2 Å². The zero-order chi connectivity index (χ0) is 16.9. The number of pyridine rings is 1. The second-order valence-electron chi connectivity index (χ2n) is 6.88. The molecule has 6 nitrogen and oxygen atoms in total. The average molecular weight is 331 g/mol. The van der Waals surface area contributed by atoms with Crippen LogP contribution in [0.2, 0.25) is 0 Å². The molecule has 6 heteroatoms. The van der Waals surface area contributed by atoms with E-state index in [0.29, 0.717) is 0 Å². The largest absolute Gasteiger partial charge is 0.339 e. The van der Waals surface area contributed by atoms with Crippen LogP contribution in [0.25, 0.3) is 0 Å². The van der Waals surface area contributed by atoms with Crippen LogP contribution in [0.5, 0.6) is 0 Å². The van der Waals surface area contributed by atoms with Gasteiger partial charge in [0.25, 0.3) is 0 Å². The van der Waals surface area contributed by atoms with Crippen LogP contribution in [-0.2, 0) is 17.8 Å². The molecule has 0 bridgehead atoms. The molecule has 3 rings (SSSR count). The Morgan fingerprint density at radius 3 is 2.71 bits per heavy atom. The highest BCUT2D eigenvalue weighted by Gasteiger charge is 2.30. The fourth-order valence-electron chi connectivity index (χ4n) is 3.35. The monoisotopic (exact) mass is 331 g/mol. The van der Waals surface area contributed by atoms with Gasteiger partial charge in [-0.05, 0) is 25.1 Å². The van der Waals surface area contributed by atoms with Crippen LogP contribution in [0.3, 0.4) is 0 Å². The predicted molar refractivity (Wildman–Crippen MR) is 94.8 cm³/mol. The van der Waals surface area contributed by atoms with Crippen LogP contribution in [0.4, 0.5) is 0 Å². The quantitative estimate of drug-likeness (QED) is 0.854. The van der Waals surface area contributed by atoms with E-state index in [4.69, 9.17) is 0 Å². The van der Waals surface area contributed by atoms with Crippen molar-refractivity contribution >= 4 is 5.91 Å². The summed E-state index contributed by atoms with van der Waals surface area (Å²) in [5.74, 6) is 0.252. The molecular formula is C18H29N5O. The van der Waals surface area contributed by atoms with E-state index in [-0.39, 0.29) is 11.9 Å². The number of hydrogen-bond acceptors (Lipinski definition) is 5. The molecule has 1 aromatic rings. The molecular weight excluding hydrogens is 302 g/mol. The Hall–Kier alpha value is -1.50. The second kappa shape index (κ2) is 8.05. The number of likely N-dealkylation sites (N-methyl/N-ethyl adjacent to an activating group) is 1. The first-order chi connectivity index (χ1) is 11.7. The Morgan fingerprint density at radius 1 is 1.25 bits per heavy atom. The highest BCUT2D eigenvalue weighted by atomic mass is 16.2. The van der Waals surface area contributed by atoms with Crippen molar-refractivity contribution in [3.8, 4) is 0 Å². The SMILES string of the molecule is CCc1ccc(CN2CCN[C@H](C(=O)N3CCN(C)CC3)C2)nc1. The van der Waals surface area contributed by atoms with E-state index in [9.17, 15) is 4.79 Å². The van der Waals surface area contributed by atoms with Crippen LogP contribution in [-0.4, -0.2) is 84.5 Å². The molecule has 3 heterocycles. The molecule has 0 aliphatic carbocycles. The molecule has 2 fully saturated rings. The van der Waals surface area contributed by atoms with Gasteiger partial charge in [-0.3, -0.25) is 14.7 Å². The number of hydrogen-bond donors (Lipinski definition) is 1. The van der Waals surface area contributed by atoms with Crippen LogP contribution < -0.4 is 5.32 Å². The van der Waals surface area contributed by atoms with Gasteiger partial charge in [0.15, 0.2) is 0 Å². The number of aromatic nitrogens is 1. The number of aryl methyl sites for hydroxylation is 1. The molecule has 0 radical (unpaired) electrons. The number of piperazine rings is 2. The summed E-state index contributed by atoms with van der Waals surface area (Å²) in [6.07, 6.45) is 2.98. The van der Waals surface area contributed by atoms with Crippen LogP contribution >= 0.6 is 0 Å². The average Bonchev–Trinajstić information content (AvgIpc) is 2.63. The van der Waals surface area contributed by atoms with E-state index in [2.05, 4.69) is 46.2 Å². The summed E-state index contributed by atoms with van der Waals surface area (Å²) in [4.78, 5) is 23.9. The van der Waals surface area contributed by atoms with E-state index in [0.717, 1.165) is 64.5 Å². The van der Waals surface area contributed by atoms with Gasteiger partial charge in [0.1, 0.15) is 0 Å². The van der Waals surface area contributed by atoms with E-state index < -0.39 is 0 Å². The number of nitrogens with one attached hydrogen (secondary N) is 1. The lowest BCUT2D eigenvalue weighted by Gasteiger charge is -2.38. The van der Waals surface area contributed by atoms with Crippen molar-refractivity contribution in [3.05, 3.63) is 29.6 Å². The minimum Gasteiger partial charge on any atom is -0.339 e. The van der Waals surface area contributed by atoms with Crippen molar-refractivity contribution in [3.63, 3.8) is 0 Å². The van der Waals surface area contributed by atoms with E-state index >= 15 is 0 Å². The molecule has 1 amide bonds. The summed E-state index contributed by atoms with van der Waals surface area (Å²) in [6, 6.07) is 4.17. The van der Waals surface area contributed by atoms with E-state index in [1.165, 1.54) is 5.56 Å². The Morgan fingerprint density at radius 2 is 2.04 bits per heavy atom. The maximum atomic E-state index is 12.7. The lowest BCUT2D eigenvalue weighted by molar-refractivity contribution is -0.136. The third-order valence-corrected chi connectivity index (χ3v) is 5.05. The first-order valence-electron chi connectivity index (χ1n) is 9.02. The summed E-state index contributed by atoms with van der Waals surface area (Å²) in [7, 11) is 2.11. The molecule has 1 atom stereocenters. The van der Waals surface area contributed by atoms with Crippen molar-refractivity contribution in [2.45, 2.75) is 25.9 Å². The Bertz CT molecular complexity index is 539. The molecule has 0 unspecified atom stereocenters. The zero-order valence-electron chi connectivity index (χ0n) is 14.9. The van der Waals surface area contributed by atoms with Gasteiger partial charge in [-0.1, -0.05) is 13.0 Å². The molecule has 24 heavy (non-hydrogen) atoms. The highest BCUT2D eigenvalue weighted by molar-refractivity contribution is 5.82. The van der Waals surface area contributed by atoms with Gasteiger partial charge in [-0.2, -0.15) is 0 Å². The summed E-state index contributed by atoms with van der Waals surface area (Å²) < 4.78 is 0. The first kappa shape index (κ1) is 17.3. The number of carbonyl (C=O) groups excluding carboxylic acids is 1. The maximum absolute atomic E-state index is 12.7.